The summed E-state index contributed by atoms with van der Waals surface area (Å²) in [6, 6.07) is 16.4. The number of oxazole rings is 1. The van der Waals surface area contributed by atoms with E-state index >= 15 is 0 Å². The molecule has 0 bridgehead atoms. The van der Waals surface area contributed by atoms with Crippen LogP contribution in [0.5, 0.6) is 5.75 Å². The molecule has 6 heteroatoms. The molecule has 0 saturated carbocycles. The average Bonchev–Trinajstić information content (AvgIpc) is 3.11. The number of rotatable bonds is 4. The predicted molar refractivity (Wildman–Crippen MR) is 105 cm³/mol. The molecule has 0 aliphatic rings. The zero-order valence-electron chi connectivity index (χ0n) is 15.3. The van der Waals surface area contributed by atoms with Crippen LogP contribution in [0.2, 0.25) is 0 Å². The van der Waals surface area contributed by atoms with Crippen molar-refractivity contribution in [3.8, 4) is 17.2 Å². The zero-order valence-corrected chi connectivity index (χ0v) is 15.3. The molecule has 0 aliphatic heterocycles. The monoisotopic (exact) mass is 376 g/mol. The van der Waals surface area contributed by atoms with Crippen LogP contribution < -0.4 is 10.1 Å². The number of ether oxygens (including phenoxy) is 1. The van der Waals surface area contributed by atoms with Crippen molar-refractivity contribution in [2.75, 3.05) is 12.4 Å². The molecule has 0 aliphatic carbocycles. The molecule has 3 aromatic carbocycles. The van der Waals surface area contributed by atoms with Crippen molar-refractivity contribution in [1.29, 1.82) is 0 Å². The Morgan fingerprint density at radius 2 is 1.86 bits per heavy atom. The van der Waals surface area contributed by atoms with Gasteiger partial charge >= 0.3 is 0 Å². The number of aryl methyl sites for hydroxylation is 1. The van der Waals surface area contributed by atoms with Crippen LogP contribution in [0.25, 0.3) is 22.6 Å². The molecule has 140 valence electrons. The quantitative estimate of drug-likeness (QED) is 0.531. The average molecular weight is 376 g/mol. The van der Waals surface area contributed by atoms with Gasteiger partial charge in [0.1, 0.15) is 17.1 Å². The van der Waals surface area contributed by atoms with E-state index in [1.807, 2.05) is 31.2 Å². The maximum Gasteiger partial charge on any atom is 0.255 e. The van der Waals surface area contributed by atoms with E-state index in [1.165, 1.54) is 31.4 Å². The number of nitrogens with zero attached hydrogens (tertiary/aromatic N) is 1. The number of carbonyl (C=O) groups excluding carboxylic acids is 1. The Morgan fingerprint density at radius 3 is 2.61 bits per heavy atom. The third-order valence-corrected chi connectivity index (χ3v) is 4.34. The van der Waals surface area contributed by atoms with E-state index in [4.69, 9.17) is 9.15 Å². The van der Waals surface area contributed by atoms with Crippen molar-refractivity contribution in [3.63, 3.8) is 0 Å². The zero-order chi connectivity index (χ0) is 19.7. The van der Waals surface area contributed by atoms with Crippen molar-refractivity contribution < 1.29 is 18.3 Å². The van der Waals surface area contributed by atoms with Crippen LogP contribution >= 0.6 is 0 Å². The number of fused-ring (bicyclic) bond motifs is 1. The summed E-state index contributed by atoms with van der Waals surface area (Å²) in [5.41, 5.74) is 4.05. The molecule has 0 spiro atoms. The summed E-state index contributed by atoms with van der Waals surface area (Å²) >= 11 is 0. The first kappa shape index (κ1) is 17.7. The number of hydrogen-bond donors (Lipinski definition) is 1. The van der Waals surface area contributed by atoms with Gasteiger partial charge in [0, 0.05) is 11.1 Å². The lowest BCUT2D eigenvalue weighted by atomic mass is 10.1. The number of carbonyl (C=O) groups is 1. The van der Waals surface area contributed by atoms with Gasteiger partial charge in [-0.25, -0.2) is 9.37 Å². The molecule has 0 unspecified atom stereocenters. The fourth-order valence-corrected chi connectivity index (χ4v) is 2.90. The van der Waals surface area contributed by atoms with Crippen molar-refractivity contribution >= 4 is 22.7 Å². The minimum Gasteiger partial charge on any atom is -0.495 e. The maximum atomic E-state index is 13.1. The van der Waals surface area contributed by atoms with Crippen LogP contribution in [0.3, 0.4) is 0 Å². The fourth-order valence-electron chi connectivity index (χ4n) is 2.90. The Bertz CT molecular complexity index is 1170. The van der Waals surface area contributed by atoms with Gasteiger partial charge in [-0.3, -0.25) is 4.79 Å². The Labute approximate surface area is 160 Å². The second-order valence-electron chi connectivity index (χ2n) is 6.37. The third kappa shape index (κ3) is 3.44. The number of aromatic nitrogens is 1. The van der Waals surface area contributed by atoms with E-state index in [0.717, 1.165) is 11.1 Å². The lowest BCUT2D eigenvalue weighted by molar-refractivity contribution is 0.102. The summed E-state index contributed by atoms with van der Waals surface area (Å²) in [5.74, 6) is 0.165. The Hall–Kier alpha value is -3.67. The van der Waals surface area contributed by atoms with Crippen LogP contribution in [0.15, 0.2) is 65.1 Å². The molecule has 1 aromatic heterocycles. The Balaban J connectivity index is 1.68. The van der Waals surface area contributed by atoms with Gasteiger partial charge in [0.2, 0.25) is 5.89 Å². The van der Waals surface area contributed by atoms with Gasteiger partial charge in [-0.15, -0.1) is 0 Å². The first-order valence-corrected chi connectivity index (χ1v) is 8.66. The number of nitrogens with one attached hydrogen (secondary N) is 1. The molecule has 0 atom stereocenters. The van der Waals surface area contributed by atoms with Crippen LogP contribution in [0, 0.1) is 12.7 Å². The number of halogens is 1. The lowest BCUT2D eigenvalue weighted by Crippen LogP contribution is -2.12. The molecule has 5 nitrogen and oxygen atoms in total. The second kappa shape index (κ2) is 7.15. The van der Waals surface area contributed by atoms with E-state index < -0.39 is 5.82 Å². The molecular formula is C22H17FN2O3. The highest BCUT2D eigenvalue weighted by atomic mass is 19.1. The van der Waals surface area contributed by atoms with E-state index in [0.29, 0.717) is 34.0 Å². The molecule has 1 amide bonds. The normalized spacial score (nSPS) is 10.8. The summed E-state index contributed by atoms with van der Waals surface area (Å²) < 4.78 is 24.3. The largest absolute Gasteiger partial charge is 0.495 e. The first-order valence-electron chi connectivity index (χ1n) is 8.66. The molecular weight excluding hydrogens is 359 g/mol. The fraction of sp³-hybridized carbons (Fsp3) is 0.0909. The summed E-state index contributed by atoms with van der Waals surface area (Å²) in [5, 5.41) is 2.79. The Kier molecular flexibility index (Phi) is 4.53. The molecule has 0 fully saturated rings. The van der Waals surface area contributed by atoms with E-state index in [2.05, 4.69) is 10.3 Å². The minimum atomic E-state index is -0.401. The number of benzene rings is 3. The molecule has 0 saturated heterocycles. The highest BCUT2D eigenvalue weighted by Crippen LogP contribution is 2.32. The van der Waals surface area contributed by atoms with Crippen molar-refractivity contribution in [2.24, 2.45) is 0 Å². The topological polar surface area (TPSA) is 64.4 Å². The standard InChI is InChI=1S/C22H17FN2O3/c1-13-3-9-20-17(11-13)25-22(28-20)15-6-10-19(27-2)18(12-15)24-21(26)14-4-7-16(23)8-5-14/h3-12H,1-2H3,(H,24,26). The van der Waals surface area contributed by atoms with E-state index in [9.17, 15) is 9.18 Å². The maximum absolute atomic E-state index is 13.1. The van der Waals surface area contributed by atoms with Gasteiger partial charge in [-0.05, 0) is 67.1 Å². The highest BCUT2D eigenvalue weighted by Gasteiger charge is 2.14. The molecule has 0 radical (unpaired) electrons. The summed E-state index contributed by atoms with van der Waals surface area (Å²) in [4.78, 5) is 17.0. The number of anilines is 1. The molecule has 28 heavy (non-hydrogen) atoms. The van der Waals surface area contributed by atoms with Gasteiger partial charge in [0.25, 0.3) is 5.91 Å². The molecule has 1 N–H and O–H groups in total. The molecule has 4 aromatic rings. The summed E-state index contributed by atoms with van der Waals surface area (Å²) in [6.07, 6.45) is 0. The molecule has 1 heterocycles. The number of hydrogen-bond acceptors (Lipinski definition) is 4. The van der Waals surface area contributed by atoms with Crippen LogP contribution in [0.1, 0.15) is 15.9 Å². The van der Waals surface area contributed by atoms with Crippen LogP contribution in [-0.2, 0) is 0 Å². The molecule has 4 rings (SSSR count). The van der Waals surface area contributed by atoms with Crippen molar-refractivity contribution in [1.82, 2.24) is 4.98 Å². The predicted octanol–water partition coefficient (Wildman–Crippen LogP) is 5.20. The van der Waals surface area contributed by atoms with Gasteiger partial charge in [-0.2, -0.15) is 0 Å². The van der Waals surface area contributed by atoms with Gasteiger partial charge in [-0.1, -0.05) is 6.07 Å². The lowest BCUT2D eigenvalue weighted by Gasteiger charge is -2.11. The minimum absolute atomic E-state index is 0.339. The Morgan fingerprint density at radius 1 is 1.07 bits per heavy atom. The van der Waals surface area contributed by atoms with Crippen LogP contribution in [0.4, 0.5) is 10.1 Å². The SMILES string of the molecule is COc1ccc(-c2nc3cc(C)ccc3o2)cc1NC(=O)c1ccc(F)cc1. The van der Waals surface area contributed by atoms with Gasteiger partial charge in [0.05, 0.1) is 12.8 Å². The third-order valence-electron chi connectivity index (χ3n) is 4.34. The first-order chi connectivity index (χ1) is 13.5. The summed E-state index contributed by atoms with van der Waals surface area (Å²) in [6.45, 7) is 1.99. The van der Waals surface area contributed by atoms with Crippen LogP contribution in [-0.4, -0.2) is 18.0 Å². The van der Waals surface area contributed by atoms with Gasteiger partial charge in [0.15, 0.2) is 5.58 Å². The van der Waals surface area contributed by atoms with E-state index in [-0.39, 0.29) is 5.91 Å². The summed E-state index contributed by atoms with van der Waals surface area (Å²) in [7, 11) is 1.52. The second-order valence-corrected chi connectivity index (χ2v) is 6.37. The highest BCUT2D eigenvalue weighted by molar-refractivity contribution is 6.05. The number of methoxy groups -OCH3 is 1. The number of amides is 1. The van der Waals surface area contributed by atoms with E-state index in [1.54, 1.807) is 12.1 Å². The smallest absolute Gasteiger partial charge is 0.255 e. The van der Waals surface area contributed by atoms with Crippen molar-refractivity contribution in [3.05, 3.63) is 77.6 Å². The van der Waals surface area contributed by atoms with Gasteiger partial charge < -0.3 is 14.5 Å². The van der Waals surface area contributed by atoms with Crippen molar-refractivity contribution in [2.45, 2.75) is 6.92 Å².